The van der Waals surface area contributed by atoms with E-state index in [0.29, 0.717) is 0 Å². The van der Waals surface area contributed by atoms with E-state index < -0.39 is 0 Å². The number of benzene rings is 2. The van der Waals surface area contributed by atoms with Crippen LogP contribution in [0.25, 0.3) is 21.8 Å². The molecule has 0 atom stereocenters. The molecular weight excluding hydrogens is 346 g/mol. The first-order chi connectivity index (χ1) is 13.6. The van der Waals surface area contributed by atoms with Gasteiger partial charge in [0, 0.05) is 48.0 Å². The van der Waals surface area contributed by atoms with Crippen LogP contribution in [0.15, 0.2) is 42.5 Å². The molecule has 0 spiro atoms. The maximum Gasteiger partial charge on any atom is 0.253 e. The lowest BCUT2D eigenvalue weighted by Gasteiger charge is -2.26. The van der Waals surface area contributed by atoms with Crippen LogP contribution in [-0.4, -0.2) is 53.5 Å². The van der Waals surface area contributed by atoms with Gasteiger partial charge < -0.3 is 14.4 Å². The van der Waals surface area contributed by atoms with Crippen molar-refractivity contribution in [2.45, 2.75) is 32.1 Å². The largest absolute Gasteiger partial charge is 0.344 e. The average Bonchev–Trinajstić information content (AvgIpc) is 3.03. The van der Waals surface area contributed by atoms with E-state index in [2.05, 4.69) is 52.9 Å². The van der Waals surface area contributed by atoms with E-state index in [9.17, 15) is 4.79 Å². The molecule has 4 nitrogen and oxygen atoms in total. The molecule has 0 saturated carbocycles. The zero-order valence-corrected chi connectivity index (χ0v) is 17.2. The van der Waals surface area contributed by atoms with Gasteiger partial charge in [0.2, 0.25) is 0 Å². The lowest BCUT2D eigenvalue weighted by atomic mass is 10.1. The number of para-hydroxylation sites is 1. The number of hydrogen-bond acceptors (Lipinski definition) is 2. The zero-order chi connectivity index (χ0) is 19.5. The summed E-state index contributed by atoms with van der Waals surface area (Å²) >= 11 is 0. The van der Waals surface area contributed by atoms with Crippen molar-refractivity contribution >= 4 is 27.7 Å². The number of hydrogen-bond donors (Lipinski definition) is 0. The van der Waals surface area contributed by atoms with Crippen molar-refractivity contribution in [2.75, 3.05) is 33.2 Å². The number of unbranched alkanes of at least 4 members (excludes halogenated alkanes) is 1. The highest BCUT2D eigenvalue weighted by Gasteiger charge is 2.15. The lowest BCUT2D eigenvalue weighted by Crippen LogP contribution is -2.32. The first kappa shape index (κ1) is 19.0. The first-order valence-corrected chi connectivity index (χ1v) is 10.6. The molecule has 4 heteroatoms. The van der Waals surface area contributed by atoms with Crippen molar-refractivity contribution < 1.29 is 4.79 Å². The molecule has 0 bridgehead atoms. The first-order valence-electron chi connectivity index (χ1n) is 10.6. The minimum absolute atomic E-state index is 0.118. The molecule has 1 aromatic heterocycles. The fourth-order valence-electron chi connectivity index (χ4n) is 4.49. The summed E-state index contributed by atoms with van der Waals surface area (Å²) in [5.74, 6) is 0.118. The monoisotopic (exact) mass is 377 g/mol. The number of aromatic nitrogens is 1. The Kier molecular flexibility index (Phi) is 5.67. The molecule has 1 aliphatic rings. The summed E-state index contributed by atoms with van der Waals surface area (Å²) in [6.07, 6.45) is 6.30. The molecule has 2 aromatic carbocycles. The summed E-state index contributed by atoms with van der Waals surface area (Å²) in [6.45, 7) is 4.49. The number of carbonyl (C=O) groups excluding carboxylic acids is 1. The fourth-order valence-corrected chi connectivity index (χ4v) is 4.49. The minimum atomic E-state index is 0.118. The number of aryl methyl sites for hydroxylation is 1. The maximum atomic E-state index is 12.9. The number of rotatable bonds is 6. The van der Waals surface area contributed by atoms with Crippen LogP contribution >= 0.6 is 0 Å². The number of fused-ring (bicyclic) bond motifs is 3. The van der Waals surface area contributed by atoms with Crippen LogP contribution in [0.1, 0.15) is 42.5 Å². The predicted octanol–water partition coefficient (Wildman–Crippen LogP) is 4.67. The number of nitrogens with zero attached hydrogens (tertiary/aromatic N) is 3. The molecule has 0 aliphatic carbocycles. The Morgan fingerprint density at radius 3 is 2.54 bits per heavy atom. The third-order valence-electron chi connectivity index (χ3n) is 6.17. The molecule has 1 aliphatic heterocycles. The minimum Gasteiger partial charge on any atom is -0.344 e. The van der Waals surface area contributed by atoms with Gasteiger partial charge in [0.15, 0.2) is 0 Å². The maximum absolute atomic E-state index is 12.9. The molecule has 1 fully saturated rings. The molecule has 0 unspecified atom stereocenters. The van der Waals surface area contributed by atoms with Crippen molar-refractivity contribution in [1.82, 2.24) is 14.4 Å². The Morgan fingerprint density at radius 1 is 0.964 bits per heavy atom. The van der Waals surface area contributed by atoms with Gasteiger partial charge in [-0.2, -0.15) is 0 Å². The van der Waals surface area contributed by atoms with Crippen LogP contribution < -0.4 is 0 Å². The van der Waals surface area contributed by atoms with Gasteiger partial charge in [-0.1, -0.05) is 24.6 Å². The van der Waals surface area contributed by atoms with Gasteiger partial charge in [0.1, 0.15) is 0 Å². The Hall–Kier alpha value is -2.33. The normalized spacial score (nSPS) is 15.4. The van der Waals surface area contributed by atoms with Gasteiger partial charge in [-0.15, -0.1) is 0 Å². The standard InChI is InChI=1S/C24H31N3O/c1-25(14-8-9-17-27-15-6-3-7-16-27)24(28)19-12-13-23-21(18-19)20-10-4-5-11-22(20)26(23)2/h4-5,10-13,18H,3,6-9,14-17H2,1-2H3. The molecule has 1 amide bonds. The average molecular weight is 378 g/mol. The van der Waals surface area contributed by atoms with Crippen LogP contribution in [0.4, 0.5) is 0 Å². The lowest BCUT2D eigenvalue weighted by molar-refractivity contribution is 0.0791. The highest BCUT2D eigenvalue weighted by molar-refractivity contribution is 6.10. The summed E-state index contributed by atoms with van der Waals surface area (Å²) in [5.41, 5.74) is 3.15. The van der Waals surface area contributed by atoms with Gasteiger partial charge >= 0.3 is 0 Å². The molecule has 1 saturated heterocycles. The van der Waals surface area contributed by atoms with Crippen molar-refractivity contribution in [1.29, 1.82) is 0 Å². The van der Waals surface area contributed by atoms with Gasteiger partial charge in [-0.05, 0) is 69.6 Å². The van der Waals surface area contributed by atoms with Crippen molar-refractivity contribution in [3.63, 3.8) is 0 Å². The van der Waals surface area contributed by atoms with Crippen molar-refractivity contribution in [3.8, 4) is 0 Å². The molecule has 3 aromatic rings. The van der Waals surface area contributed by atoms with Gasteiger partial charge in [0.25, 0.3) is 5.91 Å². The number of carbonyl (C=O) groups is 1. The Morgan fingerprint density at radius 2 is 1.71 bits per heavy atom. The molecule has 148 valence electrons. The van der Waals surface area contributed by atoms with Crippen LogP contribution in [0, 0.1) is 0 Å². The van der Waals surface area contributed by atoms with E-state index >= 15 is 0 Å². The van der Waals surface area contributed by atoms with E-state index in [4.69, 9.17) is 0 Å². The second-order valence-electron chi connectivity index (χ2n) is 8.14. The van der Waals surface area contributed by atoms with Crippen LogP contribution in [0.5, 0.6) is 0 Å². The van der Waals surface area contributed by atoms with E-state index in [1.165, 1.54) is 61.7 Å². The highest BCUT2D eigenvalue weighted by Crippen LogP contribution is 2.29. The van der Waals surface area contributed by atoms with Gasteiger partial charge in [0.05, 0.1) is 0 Å². The van der Waals surface area contributed by atoms with E-state index in [-0.39, 0.29) is 5.91 Å². The smallest absolute Gasteiger partial charge is 0.253 e. The van der Waals surface area contributed by atoms with Gasteiger partial charge in [-0.25, -0.2) is 0 Å². The quantitative estimate of drug-likeness (QED) is 0.584. The Balaban J connectivity index is 1.40. The Labute approximate surface area is 167 Å². The van der Waals surface area contributed by atoms with Crippen LogP contribution in [0.2, 0.25) is 0 Å². The van der Waals surface area contributed by atoms with E-state index in [0.717, 1.165) is 23.9 Å². The summed E-state index contributed by atoms with van der Waals surface area (Å²) in [7, 11) is 4.01. The molecule has 4 rings (SSSR count). The summed E-state index contributed by atoms with van der Waals surface area (Å²) in [6, 6.07) is 14.5. The van der Waals surface area contributed by atoms with Crippen molar-refractivity contribution in [3.05, 3.63) is 48.0 Å². The summed E-state index contributed by atoms with van der Waals surface area (Å²) < 4.78 is 2.20. The van der Waals surface area contributed by atoms with Crippen molar-refractivity contribution in [2.24, 2.45) is 7.05 Å². The predicted molar refractivity (Wildman–Crippen MR) is 117 cm³/mol. The second-order valence-corrected chi connectivity index (χ2v) is 8.14. The Bertz CT molecular complexity index is 969. The molecule has 28 heavy (non-hydrogen) atoms. The number of amides is 1. The third kappa shape index (κ3) is 3.79. The topological polar surface area (TPSA) is 28.5 Å². The molecule has 2 heterocycles. The third-order valence-corrected chi connectivity index (χ3v) is 6.17. The SMILES string of the molecule is CN(CCCCN1CCCCC1)C(=O)c1ccc2c(c1)c1ccccc1n2C. The summed E-state index contributed by atoms with van der Waals surface area (Å²) in [4.78, 5) is 17.4. The highest BCUT2D eigenvalue weighted by atomic mass is 16.2. The van der Waals surface area contributed by atoms with E-state index in [1.807, 2.05) is 18.0 Å². The number of piperidine rings is 1. The fraction of sp³-hybridized carbons (Fsp3) is 0.458. The summed E-state index contributed by atoms with van der Waals surface area (Å²) in [5, 5.41) is 2.36. The zero-order valence-electron chi connectivity index (χ0n) is 17.2. The number of likely N-dealkylation sites (tertiary alicyclic amines) is 1. The molecule has 0 radical (unpaired) electrons. The van der Waals surface area contributed by atoms with Gasteiger partial charge in [-0.3, -0.25) is 4.79 Å². The van der Waals surface area contributed by atoms with Crippen LogP contribution in [0.3, 0.4) is 0 Å². The van der Waals surface area contributed by atoms with E-state index in [1.54, 1.807) is 0 Å². The second kappa shape index (κ2) is 8.36. The molecule has 0 N–H and O–H groups in total. The molecular formula is C24H31N3O. The van der Waals surface area contributed by atoms with Crippen LogP contribution in [-0.2, 0) is 7.05 Å².